The van der Waals surface area contributed by atoms with Gasteiger partial charge in [-0.25, -0.2) is 9.29 Å². The Balaban J connectivity index is 1.63. The number of ether oxygens (including phenoxy) is 1. The highest BCUT2D eigenvalue weighted by Crippen LogP contribution is 2.41. The molecule has 3 aromatic rings. The van der Waals surface area contributed by atoms with Crippen LogP contribution in [0.3, 0.4) is 0 Å². The summed E-state index contributed by atoms with van der Waals surface area (Å²) in [6.07, 6.45) is 6.27. The third kappa shape index (κ3) is 5.37. The van der Waals surface area contributed by atoms with Crippen molar-refractivity contribution in [2.24, 2.45) is 0 Å². The summed E-state index contributed by atoms with van der Waals surface area (Å²) in [5, 5.41) is 2.02. The second-order valence-corrected chi connectivity index (χ2v) is 11.1. The van der Waals surface area contributed by atoms with Gasteiger partial charge in [0.05, 0.1) is 29.4 Å². The lowest BCUT2D eigenvalue weighted by Crippen LogP contribution is -2.21. The average molecular weight is 508 g/mol. The molecule has 1 aliphatic carbocycles. The number of hydrogen-bond acceptors (Lipinski definition) is 6. The molecule has 11 heteroatoms. The Morgan fingerprint density at radius 2 is 1.85 bits per heavy atom. The van der Waals surface area contributed by atoms with Gasteiger partial charge in [0, 0.05) is 10.9 Å². The van der Waals surface area contributed by atoms with E-state index in [-0.39, 0.29) is 22.6 Å². The highest BCUT2D eigenvalue weighted by atomic mass is 32.2. The maximum atomic E-state index is 12.1. The standard InChI is InChI=1S/C22H25N2O6PS2/c1-30-20-13-18(31(25,26)27)11-12-19(20)24(33(28)29)21-14-32-22(23-21)17-9-7-16(8-10-17)15-5-3-2-4-6-15/h7-15H,2-6H2,1H3,(H,28,29)(H2,25,26,27)/p-1. The number of methoxy groups -OCH3 is 1. The third-order valence-corrected chi connectivity index (χ3v) is 8.31. The number of aromatic nitrogens is 1. The summed E-state index contributed by atoms with van der Waals surface area (Å²) >= 11 is -1.43. The molecule has 1 unspecified atom stereocenters. The molecule has 0 bridgehead atoms. The van der Waals surface area contributed by atoms with Gasteiger partial charge in [-0.05, 0) is 42.5 Å². The SMILES string of the molecule is COc1cc(P(=O)(O)O)ccc1N(c1csc(-c2ccc(C3CCCCC3)cc2)n1)S(=O)[O-]. The summed E-state index contributed by atoms with van der Waals surface area (Å²) in [5.74, 6) is 0.773. The van der Waals surface area contributed by atoms with E-state index in [0.29, 0.717) is 10.9 Å². The molecule has 1 atom stereocenters. The van der Waals surface area contributed by atoms with Crippen LogP contribution in [0.5, 0.6) is 5.75 Å². The van der Waals surface area contributed by atoms with E-state index in [1.165, 1.54) is 68.2 Å². The van der Waals surface area contributed by atoms with E-state index in [2.05, 4.69) is 17.1 Å². The smallest absolute Gasteiger partial charge is 0.356 e. The van der Waals surface area contributed by atoms with Gasteiger partial charge in [0.1, 0.15) is 10.8 Å². The minimum Gasteiger partial charge on any atom is -0.755 e. The van der Waals surface area contributed by atoms with Crippen LogP contribution in [0.4, 0.5) is 11.5 Å². The molecule has 1 fully saturated rings. The van der Waals surface area contributed by atoms with E-state index in [1.54, 1.807) is 5.38 Å². The van der Waals surface area contributed by atoms with Crippen molar-refractivity contribution < 1.29 is 27.9 Å². The van der Waals surface area contributed by atoms with E-state index < -0.39 is 18.9 Å². The molecule has 0 spiro atoms. The second kappa shape index (κ2) is 10.0. The topological polar surface area (TPSA) is 123 Å². The molecular weight excluding hydrogens is 483 g/mol. The number of rotatable bonds is 7. The first kappa shape index (κ1) is 24.1. The molecule has 0 aliphatic heterocycles. The molecule has 4 rings (SSSR count). The molecule has 1 aromatic heterocycles. The largest absolute Gasteiger partial charge is 0.755 e. The number of nitrogens with zero attached hydrogens (tertiary/aromatic N) is 2. The summed E-state index contributed by atoms with van der Waals surface area (Å²) in [5.41, 5.74) is 2.33. The van der Waals surface area contributed by atoms with Crippen LogP contribution in [-0.2, 0) is 15.8 Å². The molecule has 2 aromatic carbocycles. The Bertz CT molecular complexity index is 1190. The quantitative estimate of drug-likeness (QED) is 0.354. The minimum atomic E-state index is -4.52. The van der Waals surface area contributed by atoms with Crippen LogP contribution in [-0.4, -0.2) is 30.6 Å². The van der Waals surface area contributed by atoms with Crippen molar-refractivity contribution in [2.45, 2.75) is 38.0 Å². The van der Waals surface area contributed by atoms with E-state index in [4.69, 9.17) is 4.74 Å². The summed E-state index contributed by atoms with van der Waals surface area (Å²) in [6.45, 7) is 0. The molecule has 33 heavy (non-hydrogen) atoms. The van der Waals surface area contributed by atoms with Gasteiger partial charge in [0.15, 0.2) is 5.82 Å². The lowest BCUT2D eigenvalue weighted by molar-refractivity contribution is 0.386. The van der Waals surface area contributed by atoms with Crippen molar-refractivity contribution >= 4 is 47.0 Å². The van der Waals surface area contributed by atoms with Crippen molar-refractivity contribution in [1.29, 1.82) is 0 Å². The Kier molecular flexibility index (Phi) is 7.33. The Morgan fingerprint density at radius 1 is 1.15 bits per heavy atom. The number of thiazole rings is 1. The summed E-state index contributed by atoms with van der Waals surface area (Å²) < 4.78 is 41.9. The molecule has 0 amide bonds. The van der Waals surface area contributed by atoms with Gasteiger partial charge in [-0.3, -0.25) is 8.77 Å². The maximum Gasteiger partial charge on any atom is 0.356 e. The summed E-state index contributed by atoms with van der Waals surface area (Å²) in [4.78, 5) is 23.3. The van der Waals surface area contributed by atoms with Crippen LogP contribution >= 0.6 is 18.9 Å². The van der Waals surface area contributed by atoms with Crippen molar-refractivity contribution in [3.63, 3.8) is 0 Å². The van der Waals surface area contributed by atoms with Gasteiger partial charge < -0.3 is 19.1 Å². The van der Waals surface area contributed by atoms with Gasteiger partial charge in [-0.15, -0.1) is 11.3 Å². The highest BCUT2D eigenvalue weighted by Gasteiger charge is 2.24. The Labute approximate surface area is 198 Å². The van der Waals surface area contributed by atoms with Crippen molar-refractivity contribution in [1.82, 2.24) is 4.98 Å². The van der Waals surface area contributed by atoms with Crippen molar-refractivity contribution in [3.8, 4) is 16.3 Å². The monoisotopic (exact) mass is 507 g/mol. The fraction of sp³-hybridized carbons (Fsp3) is 0.318. The molecule has 1 aliphatic rings. The van der Waals surface area contributed by atoms with Gasteiger partial charge in [0.25, 0.3) is 0 Å². The molecule has 2 N–H and O–H groups in total. The maximum absolute atomic E-state index is 12.1. The summed E-state index contributed by atoms with van der Waals surface area (Å²) in [7, 11) is -3.22. The van der Waals surface area contributed by atoms with E-state index >= 15 is 0 Å². The van der Waals surface area contributed by atoms with Crippen molar-refractivity contribution in [2.75, 3.05) is 11.4 Å². The van der Waals surface area contributed by atoms with Crippen LogP contribution < -0.4 is 14.3 Å². The van der Waals surface area contributed by atoms with E-state index in [0.717, 1.165) is 15.9 Å². The molecule has 1 heterocycles. The Morgan fingerprint density at radius 3 is 2.45 bits per heavy atom. The minimum absolute atomic E-state index is 0.00594. The zero-order valence-corrected chi connectivity index (χ0v) is 20.4. The zero-order valence-electron chi connectivity index (χ0n) is 17.9. The predicted octanol–water partition coefficient (Wildman–Crippen LogP) is 4.60. The van der Waals surface area contributed by atoms with Gasteiger partial charge in [-0.1, -0.05) is 43.5 Å². The predicted molar refractivity (Wildman–Crippen MR) is 129 cm³/mol. The number of anilines is 2. The van der Waals surface area contributed by atoms with Gasteiger partial charge in [-0.2, -0.15) is 0 Å². The van der Waals surface area contributed by atoms with Crippen LogP contribution in [0, 0.1) is 0 Å². The van der Waals surface area contributed by atoms with Crippen molar-refractivity contribution in [3.05, 3.63) is 53.4 Å². The third-order valence-electron chi connectivity index (χ3n) is 5.80. The van der Waals surface area contributed by atoms with Crippen LogP contribution in [0.2, 0.25) is 0 Å². The first-order valence-corrected chi connectivity index (χ1v) is 14.0. The van der Waals surface area contributed by atoms with E-state index in [9.17, 15) is 23.1 Å². The lowest BCUT2D eigenvalue weighted by atomic mass is 9.84. The molecule has 1 saturated carbocycles. The fourth-order valence-corrected chi connectivity index (χ4v) is 6.09. The van der Waals surface area contributed by atoms with E-state index in [1.807, 2.05) is 12.1 Å². The molecule has 0 radical (unpaired) electrons. The average Bonchev–Trinajstić information content (AvgIpc) is 3.29. The van der Waals surface area contributed by atoms with Crippen LogP contribution in [0.15, 0.2) is 47.8 Å². The molecule has 176 valence electrons. The molecule has 8 nitrogen and oxygen atoms in total. The molecule has 0 saturated heterocycles. The summed E-state index contributed by atoms with van der Waals surface area (Å²) in [6, 6.07) is 11.9. The van der Waals surface area contributed by atoms with Crippen LogP contribution in [0.25, 0.3) is 10.6 Å². The number of hydrogen-bond donors (Lipinski definition) is 2. The fourth-order valence-electron chi connectivity index (χ4n) is 4.12. The second-order valence-electron chi connectivity index (χ2n) is 7.88. The lowest BCUT2D eigenvalue weighted by Gasteiger charge is -2.26. The normalized spacial score (nSPS) is 15.9. The first-order valence-electron chi connectivity index (χ1n) is 10.5. The highest BCUT2D eigenvalue weighted by molar-refractivity contribution is 7.81. The zero-order chi connectivity index (χ0) is 23.6. The number of benzene rings is 2. The van der Waals surface area contributed by atoms with Gasteiger partial charge >= 0.3 is 7.60 Å². The Hall–Kier alpha value is -2.07. The van der Waals surface area contributed by atoms with Gasteiger partial charge in [0.2, 0.25) is 0 Å². The first-order chi connectivity index (χ1) is 15.8. The molecular formula is C22H24N2O6PS2-. The van der Waals surface area contributed by atoms with Crippen LogP contribution in [0.1, 0.15) is 43.6 Å².